The van der Waals surface area contributed by atoms with E-state index in [1.165, 1.54) is 38.5 Å². The molecule has 228 valence electrons. The number of benzene rings is 3. The fraction of sp³-hybridized carbons (Fsp3) is 0.436. The average molecular weight is 589 g/mol. The van der Waals surface area contributed by atoms with Crippen LogP contribution in [-0.2, 0) is 0 Å². The van der Waals surface area contributed by atoms with Crippen LogP contribution >= 0.6 is 0 Å². The van der Waals surface area contributed by atoms with Crippen LogP contribution < -0.4 is 0 Å². The van der Waals surface area contributed by atoms with Gasteiger partial charge >= 0.3 is 0 Å². The van der Waals surface area contributed by atoms with E-state index in [0.717, 1.165) is 36.7 Å². The minimum absolute atomic E-state index is 0.0827. The molecular formula is C39H44F4. The van der Waals surface area contributed by atoms with Gasteiger partial charge in [-0.25, -0.2) is 17.6 Å². The summed E-state index contributed by atoms with van der Waals surface area (Å²) in [7, 11) is 0. The number of hydrogen-bond acceptors (Lipinski definition) is 0. The molecule has 2 aliphatic carbocycles. The molecule has 43 heavy (non-hydrogen) atoms. The van der Waals surface area contributed by atoms with Gasteiger partial charge in [0.25, 0.3) is 0 Å². The minimum atomic E-state index is -0.886. The Morgan fingerprint density at radius 3 is 1.88 bits per heavy atom. The van der Waals surface area contributed by atoms with Gasteiger partial charge in [0.2, 0.25) is 0 Å². The van der Waals surface area contributed by atoms with Crippen molar-refractivity contribution in [3.8, 4) is 22.3 Å². The van der Waals surface area contributed by atoms with E-state index < -0.39 is 23.3 Å². The summed E-state index contributed by atoms with van der Waals surface area (Å²) in [6.07, 6.45) is 17.7. The Kier molecular flexibility index (Phi) is 10.3. The lowest BCUT2D eigenvalue weighted by Gasteiger charge is -2.35. The van der Waals surface area contributed by atoms with Crippen molar-refractivity contribution in [1.29, 1.82) is 0 Å². The molecule has 0 bridgehead atoms. The van der Waals surface area contributed by atoms with Gasteiger partial charge in [-0.15, -0.1) is 0 Å². The molecule has 0 nitrogen and oxygen atoms in total. The van der Waals surface area contributed by atoms with Crippen LogP contribution in [0.3, 0.4) is 0 Å². The van der Waals surface area contributed by atoms with Crippen LogP contribution in [0.4, 0.5) is 17.6 Å². The average Bonchev–Trinajstić information content (AvgIpc) is 3.04. The molecule has 0 aliphatic heterocycles. The zero-order valence-electron chi connectivity index (χ0n) is 25.7. The fourth-order valence-electron chi connectivity index (χ4n) is 7.21. The first-order valence-electron chi connectivity index (χ1n) is 16.2. The summed E-state index contributed by atoms with van der Waals surface area (Å²) in [4.78, 5) is 0. The minimum Gasteiger partial charge on any atom is -0.203 e. The summed E-state index contributed by atoms with van der Waals surface area (Å²) in [5.74, 6) is -1.27. The molecule has 0 radical (unpaired) electrons. The normalized spacial score (nSPS) is 21.7. The van der Waals surface area contributed by atoms with E-state index in [-0.39, 0.29) is 17.0 Å². The highest BCUT2D eigenvalue weighted by molar-refractivity contribution is 5.74. The topological polar surface area (TPSA) is 0 Å². The highest BCUT2D eigenvalue weighted by Crippen LogP contribution is 2.43. The van der Waals surface area contributed by atoms with Crippen LogP contribution in [0.5, 0.6) is 0 Å². The molecule has 0 amide bonds. The third-order valence-corrected chi connectivity index (χ3v) is 10.2. The van der Waals surface area contributed by atoms with Crippen molar-refractivity contribution in [2.24, 2.45) is 17.8 Å². The summed E-state index contributed by atoms with van der Waals surface area (Å²) >= 11 is 0. The molecule has 1 saturated carbocycles. The lowest BCUT2D eigenvalue weighted by Crippen LogP contribution is -2.23. The van der Waals surface area contributed by atoms with E-state index in [4.69, 9.17) is 0 Å². The molecule has 0 spiro atoms. The Morgan fingerprint density at radius 2 is 1.30 bits per heavy atom. The van der Waals surface area contributed by atoms with Gasteiger partial charge in [-0.05, 0) is 104 Å². The molecule has 0 N–H and O–H groups in total. The smallest absolute Gasteiger partial charge is 0.167 e. The van der Waals surface area contributed by atoms with E-state index in [1.807, 2.05) is 13.8 Å². The van der Waals surface area contributed by atoms with E-state index in [0.29, 0.717) is 34.6 Å². The molecule has 0 aromatic heterocycles. The molecule has 2 atom stereocenters. The standard InChI is InChI=1S/C39H44F4/c1-4-6-7-8-26-9-11-27(12-10-26)28-13-15-29(16-14-28)34-23-24-35(39(43)38(34)42)31-19-17-30(18-20-31)33-22-21-32(25(3)5-2)36(40)37(33)41/h4,6,15,17-28H,5,7-14,16H2,1-3H3/b6-4+. The number of hydrogen-bond donors (Lipinski definition) is 0. The summed E-state index contributed by atoms with van der Waals surface area (Å²) in [6.45, 7) is 5.88. The molecule has 2 aliphatic rings. The number of rotatable bonds is 9. The second-order valence-electron chi connectivity index (χ2n) is 12.7. The Hall–Kier alpha value is -3.14. The molecule has 2 unspecified atom stereocenters. The molecular weight excluding hydrogens is 544 g/mol. The maximum absolute atomic E-state index is 15.4. The van der Waals surface area contributed by atoms with Gasteiger partial charge in [0.05, 0.1) is 0 Å². The largest absolute Gasteiger partial charge is 0.203 e. The second kappa shape index (κ2) is 14.1. The first-order valence-corrected chi connectivity index (χ1v) is 16.2. The van der Waals surface area contributed by atoms with Gasteiger partial charge < -0.3 is 0 Å². The van der Waals surface area contributed by atoms with Gasteiger partial charge in [-0.3, -0.25) is 0 Å². The summed E-state index contributed by atoms with van der Waals surface area (Å²) in [5.41, 5.74) is 2.89. The van der Waals surface area contributed by atoms with E-state index in [2.05, 4.69) is 25.2 Å². The number of halogens is 4. The van der Waals surface area contributed by atoms with Crippen LogP contribution in [-0.4, -0.2) is 0 Å². The van der Waals surface area contributed by atoms with Crippen LogP contribution in [0, 0.1) is 41.0 Å². The Labute approximate surface area is 254 Å². The van der Waals surface area contributed by atoms with Gasteiger partial charge in [0, 0.05) is 16.7 Å². The maximum atomic E-state index is 15.4. The Bertz CT molecular complexity index is 1460. The molecule has 5 rings (SSSR count). The number of allylic oxidation sites excluding steroid dienone is 4. The lowest BCUT2D eigenvalue weighted by molar-refractivity contribution is 0.190. The zero-order chi connectivity index (χ0) is 30.5. The van der Waals surface area contributed by atoms with E-state index >= 15 is 8.78 Å². The van der Waals surface area contributed by atoms with Crippen LogP contribution in [0.15, 0.2) is 66.8 Å². The van der Waals surface area contributed by atoms with Crippen molar-refractivity contribution >= 4 is 5.57 Å². The van der Waals surface area contributed by atoms with Gasteiger partial charge in [0.1, 0.15) is 0 Å². The third-order valence-electron chi connectivity index (χ3n) is 10.2. The SMILES string of the molecule is C/C=C/CCC1CCC(C2CC=C(c3ccc(-c4ccc(-c5ccc(C(C)CC)c(F)c5F)cc4)c(F)c3F)CC2)CC1. The first-order chi connectivity index (χ1) is 20.8. The fourth-order valence-corrected chi connectivity index (χ4v) is 7.21. The van der Waals surface area contributed by atoms with Crippen LogP contribution in [0.2, 0.25) is 0 Å². The van der Waals surface area contributed by atoms with Crippen molar-refractivity contribution in [2.75, 3.05) is 0 Å². The Morgan fingerprint density at radius 1 is 0.721 bits per heavy atom. The zero-order valence-corrected chi connectivity index (χ0v) is 25.7. The molecule has 0 heterocycles. The van der Waals surface area contributed by atoms with Crippen molar-refractivity contribution in [3.05, 3.63) is 101 Å². The quantitative estimate of drug-likeness (QED) is 0.172. The van der Waals surface area contributed by atoms with E-state index in [9.17, 15) is 8.78 Å². The molecule has 0 saturated heterocycles. The molecule has 4 heteroatoms. The van der Waals surface area contributed by atoms with Crippen molar-refractivity contribution in [3.63, 3.8) is 0 Å². The van der Waals surface area contributed by atoms with Crippen molar-refractivity contribution in [1.82, 2.24) is 0 Å². The first kappa shape index (κ1) is 31.3. The van der Waals surface area contributed by atoms with Crippen LogP contribution in [0.1, 0.15) is 102 Å². The maximum Gasteiger partial charge on any atom is 0.167 e. The second-order valence-corrected chi connectivity index (χ2v) is 12.7. The summed E-state index contributed by atoms with van der Waals surface area (Å²) < 4.78 is 60.4. The highest BCUT2D eigenvalue weighted by Gasteiger charge is 2.29. The monoisotopic (exact) mass is 588 g/mol. The molecule has 1 fully saturated rings. The molecule has 3 aromatic rings. The highest BCUT2D eigenvalue weighted by atomic mass is 19.2. The van der Waals surface area contributed by atoms with Crippen LogP contribution in [0.25, 0.3) is 27.8 Å². The van der Waals surface area contributed by atoms with Gasteiger partial charge in [-0.2, -0.15) is 0 Å². The molecule has 3 aromatic carbocycles. The van der Waals surface area contributed by atoms with Gasteiger partial charge in [0.15, 0.2) is 23.3 Å². The predicted octanol–water partition coefficient (Wildman–Crippen LogP) is 12.4. The third kappa shape index (κ3) is 6.84. The predicted molar refractivity (Wildman–Crippen MR) is 171 cm³/mol. The summed E-state index contributed by atoms with van der Waals surface area (Å²) in [5, 5.41) is 0. The van der Waals surface area contributed by atoms with Gasteiger partial charge in [-0.1, -0.05) is 93.4 Å². The Balaban J connectivity index is 1.26. The lowest BCUT2D eigenvalue weighted by atomic mass is 9.70. The van der Waals surface area contributed by atoms with Crippen molar-refractivity contribution in [2.45, 2.75) is 90.9 Å². The van der Waals surface area contributed by atoms with E-state index in [1.54, 1.807) is 48.5 Å². The summed E-state index contributed by atoms with van der Waals surface area (Å²) in [6, 6.07) is 13.0. The van der Waals surface area contributed by atoms with Crippen molar-refractivity contribution < 1.29 is 17.6 Å².